The molecule has 0 saturated heterocycles. The van der Waals surface area contributed by atoms with E-state index in [-0.39, 0.29) is 0 Å². The normalized spacial score (nSPS) is 15.3. The molecule has 0 amide bonds. The molecule has 0 bridgehead atoms. The van der Waals surface area contributed by atoms with Gasteiger partial charge >= 0.3 is 0 Å². The molecule has 1 nitrogen and oxygen atoms in total. The third-order valence-corrected chi connectivity index (χ3v) is 2.97. The first-order valence-corrected chi connectivity index (χ1v) is 4.32. The van der Waals surface area contributed by atoms with E-state index in [2.05, 4.69) is 17.3 Å². The highest BCUT2D eigenvalue weighted by Gasteiger charge is 2.08. The van der Waals surface area contributed by atoms with Crippen molar-refractivity contribution in [1.82, 2.24) is 0 Å². The molecule has 0 fully saturated rings. The van der Waals surface area contributed by atoms with Gasteiger partial charge < -0.3 is 0 Å². The number of hydrogen-bond acceptors (Lipinski definition) is 2. The maximum atomic E-state index is 4.23. The number of nitrogens with zero attached hydrogens (tertiary/aromatic N) is 1. The first-order chi connectivity index (χ1) is 4.88. The fourth-order valence-corrected chi connectivity index (χ4v) is 2.19. The molecule has 2 heterocycles. The summed E-state index contributed by atoms with van der Waals surface area (Å²) in [7, 11) is 0. The summed E-state index contributed by atoms with van der Waals surface area (Å²) in [5.74, 6) is 0. The summed E-state index contributed by atoms with van der Waals surface area (Å²) < 4.78 is 0. The number of thiophene rings is 1. The van der Waals surface area contributed by atoms with Crippen LogP contribution in [0.2, 0.25) is 0 Å². The van der Waals surface area contributed by atoms with E-state index in [9.17, 15) is 0 Å². The van der Waals surface area contributed by atoms with Crippen molar-refractivity contribution in [3.05, 3.63) is 21.4 Å². The van der Waals surface area contributed by atoms with Crippen molar-refractivity contribution in [3.8, 4) is 0 Å². The van der Waals surface area contributed by atoms with Crippen LogP contribution in [-0.2, 0) is 6.42 Å². The molecule has 2 heteroatoms. The van der Waals surface area contributed by atoms with Gasteiger partial charge in [-0.25, -0.2) is 0 Å². The molecule has 0 aromatic carbocycles. The zero-order chi connectivity index (χ0) is 6.97. The van der Waals surface area contributed by atoms with E-state index in [1.807, 2.05) is 17.6 Å². The maximum absolute atomic E-state index is 4.23. The molecule has 10 heavy (non-hydrogen) atoms. The van der Waals surface area contributed by atoms with Gasteiger partial charge in [-0.3, -0.25) is 4.99 Å². The average Bonchev–Trinajstić information content (AvgIpc) is 2.34. The monoisotopic (exact) mass is 151 g/mol. The predicted octanol–water partition coefficient (Wildman–Crippen LogP) is 2.03. The fraction of sp³-hybridized carbons (Fsp3) is 0.375. The van der Waals surface area contributed by atoms with Crippen LogP contribution in [0.4, 0.5) is 0 Å². The van der Waals surface area contributed by atoms with Gasteiger partial charge in [-0.1, -0.05) is 0 Å². The summed E-state index contributed by atoms with van der Waals surface area (Å²) in [4.78, 5) is 5.74. The SMILES string of the molecule is Cc1csc2c1C=NCC2. The summed E-state index contributed by atoms with van der Waals surface area (Å²) in [6, 6.07) is 0. The van der Waals surface area contributed by atoms with Crippen LogP contribution in [0, 0.1) is 6.92 Å². The summed E-state index contributed by atoms with van der Waals surface area (Å²) >= 11 is 1.86. The van der Waals surface area contributed by atoms with Crippen LogP contribution in [-0.4, -0.2) is 12.8 Å². The number of rotatable bonds is 0. The van der Waals surface area contributed by atoms with Gasteiger partial charge in [0.05, 0.1) is 0 Å². The second-order valence-corrected chi connectivity index (χ2v) is 3.51. The Labute approximate surface area is 64.4 Å². The molecule has 0 radical (unpaired) electrons. The quantitative estimate of drug-likeness (QED) is 0.538. The first kappa shape index (κ1) is 6.10. The summed E-state index contributed by atoms with van der Waals surface area (Å²) in [5, 5.41) is 2.21. The van der Waals surface area contributed by atoms with E-state index in [4.69, 9.17) is 0 Å². The van der Waals surface area contributed by atoms with Crippen molar-refractivity contribution in [2.75, 3.05) is 6.54 Å². The van der Waals surface area contributed by atoms with Gasteiger partial charge in [-0.2, -0.15) is 0 Å². The van der Waals surface area contributed by atoms with Crippen molar-refractivity contribution < 1.29 is 0 Å². The first-order valence-electron chi connectivity index (χ1n) is 3.45. The van der Waals surface area contributed by atoms with Crippen LogP contribution in [0.3, 0.4) is 0 Å². The molecule has 0 spiro atoms. The molecular formula is C8H9NS. The summed E-state index contributed by atoms with van der Waals surface area (Å²) in [6.07, 6.45) is 3.15. The predicted molar refractivity (Wildman–Crippen MR) is 45.2 cm³/mol. The van der Waals surface area contributed by atoms with Crippen molar-refractivity contribution >= 4 is 17.6 Å². The van der Waals surface area contributed by atoms with E-state index in [1.54, 1.807) is 0 Å². The topological polar surface area (TPSA) is 12.4 Å². The van der Waals surface area contributed by atoms with E-state index in [0.717, 1.165) is 13.0 Å². The Kier molecular flexibility index (Phi) is 1.34. The van der Waals surface area contributed by atoms with Gasteiger partial charge in [0.25, 0.3) is 0 Å². The summed E-state index contributed by atoms with van der Waals surface area (Å²) in [5.41, 5.74) is 2.75. The Hall–Kier alpha value is -0.630. The second-order valence-electron chi connectivity index (χ2n) is 2.54. The molecule has 0 atom stereocenters. The zero-order valence-corrected chi connectivity index (χ0v) is 6.74. The van der Waals surface area contributed by atoms with Crippen LogP contribution in [0.15, 0.2) is 10.4 Å². The number of aliphatic imine (C=N–C) groups is 1. The lowest BCUT2D eigenvalue weighted by Gasteiger charge is -2.03. The molecule has 1 aliphatic rings. The molecule has 0 saturated carbocycles. The second kappa shape index (κ2) is 2.20. The minimum absolute atomic E-state index is 0.979. The molecule has 0 aliphatic carbocycles. The molecule has 1 aromatic heterocycles. The fourth-order valence-electron chi connectivity index (χ4n) is 1.20. The Balaban J connectivity index is 2.57. The van der Waals surface area contributed by atoms with Gasteiger partial charge in [-0.05, 0) is 17.9 Å². The van der Waals surface area contributed by atoms with E-state index in [1.165, 1.54) is 16.0 Å². The highest BCUT2D eigenvalue weighted by Crippen LogP contribution is 2.22. The van der Waals surface area contributed by atoms with Crippen LogP contribution in [0.25, 0.3) is 0 Å². The molecular weight excluding hydrogens is 142 g/mol. The third kappa shape index (κ3) is 0.797. The van der Waals surface area contributed by atoms with Crippen molar-refractivity contribution in [1.29, 1.82) is 0 Å². The van der Waals surface area contributed by atoms with Crippen LogP contribution < -0.4 is 0 Å². The minimum atomic E-state index is 0.979. The van der Waals surface area contributed by atoms with Gasteiger partial charge in [-0.15, -0.1) is 11.3 Å². The standard InChI is InChI=1S/C8H9NS/c1-6-5-10-8-2-3-9-4-7(6)8/h4-5H,2-3H2,1H3. The lowest BCUT2D eigenvalue weighted by Crippen LogP contribution is -1.99. The van der Waals surface area contributed by atoms with Crippen LogP contribution >= 0.6 is 11.3 Å². The van der Waals surface area contributed by atoms with Gasteiger partial charge in [0.2, 0.25) is 0 Å². The molecule has 0 N–H and O–H groups in total. The van der Waals surface area contributed by atoms with Crippen LogP contribution in [0.1, 0.15) is 16.0 Å². The number of aryl methyl sites for hydroxylation is 1. The lowest BCUT2D eigenvalue weighted by atomic mass is 10.1. The molecule has 0 unspecified atom stereocenters. The number of hydrogen-bond donors (Lipinski definition) is 0. The zero-order valence-electron chi connectivity index (χ0n) is 5.92. The van der Waals surface area contributed by atoms with E-state index in [0.29, 0.717) is 0 Å². The van der Waals surface area contributed by atoms with Crippen LogP contribution in [0.5, 0.6) is 0 Å². The van der Waals surface area contributed by atoms with Gasteiger partial charge in [0, 0.05) is 29.6 Å². The Morgan fingerprint density at radius 2 is 2.50 bits per heavy atom. The smallest absolute Gasteiger partial charge is 0.0438 e. The number of fused-ring (bicyclic) bond motifs is 1. The van der Waals surface area contributed by atoms with Gasteiger partial charge in [0.1, 0.15) is 0 Å². The molecule has 1 aromatic rings. The molecule has 52 valence electrons. The summed E-state index contributed by atoms with van der Waals surface area (Å²) in [6.45, 7) is 3.12. The largest absolute Gasteiger partial charge is 0.292 e. The minimum Gasteiger partial charge on any atom is -0.292 e. The van der Waals surface area contributed by atoms with Gasteiger partial charge in [0.15, 0.2) is 0 Å². The lowest BCUT2D eigenvalue weighted by molar-refractivity contribution is 0.972. The average molecular weight is 151 g/mol. The van der Waals surface area contributed by atoms with Crippen molar-refractivity contribution in [2.45, 2.75) is 13.3 Å². The molecule has 1 aliphatic heterocycles. The Morgan fingerprint density at radius 3 is 3.30 bits per heavy atom. The van der Waals surface area contributed by atoms with Crippen molar-refractivity contribution in [2.24, 2.45) is 4.99 Å². The third-order valence-electron chi connectivity index (χ3n) is 1.79. The van der Waals surface area contributed by atoms with E-state index < -0.39 is 0 Å². The highest BCUT2D eigenvalue weighted by molar-refractivity contribution is 7.10. The highest BCUT2D eigenvalue weighted by atomic mass is 32.1. The Morgan fingerprint density at radius 1 is 1.60 bits per heavy atom. The Bertz CT molecular complexity index is 273. The van der Waals surface area contributed by atoms with Crippen molar-refractivity contribution in [3.63, 3.8) is 0 Å². The maximum Gasteiger partial charge on any atom is 0.0438 e. The molecule has 2 rings (SSSR count). The van der Waals surface area contributed by atoms with E-state index >= 15 is 0 Å².